The highest BCUT2D eigenvalue weighted by atomic mass is 35.5. The van der Waals surface area contributed by atoms with Crippen LogP contribution >= 0.6 is 11.6 Å². The van der Waals surface area contributed by atoms with Gasteiger partial charge in [-0.15, -0.1) is 0 Å². The Balaban J connectivity index is 1.76. The molecule has 24 heavy (non-hydrogen) atoms. The Bertz CT molecular complexity index is 809. The van der Waals surface area contributed by atoms with Crippen LogP contribution in [-0.4, -0.2) is 29.8 Å². The minimum absolute atomic E-state index is 0.186. The van der Waals surface area contributed by atoms with E-state index in [1.807, 2.05) is 31.2 Å². The van der Waals surface area contributed by atoms with Crippen LogP contribution in [0.3, 0.4) is 0 Å². The molecule has 0 unspecified atom stereocenters. The highest BCUT2D eigenvalue weighted by molar-refractivity contribution is 6.41. The van der Waals surface area contributed by atoms with Crippen molar-refractivity contribution in [2.24, 2.45) is 0 Å². The zero-order chi connectivity index (χ0) is 17.3. The van der Waals surface area contributed by atoms with Crippen molar-refractivity contribution in [3.63, 3.8) is 0 Å². The number of piperazine rings is 1. The molecule has 0 aromatic heterocycles. The van der Waals surface area contributed by atoms with Gasteiger partial charge in [0.2, 0.25) is 0 Å². The number of carbonyl (C=O) groups excluding carboxylic acids is 2. The lowest BCUT2D eigenvalue weighted by Gasteiger charge is -2.34. The number of benzene rings is 2. The maximum absolute atomic E-state index is 13.1. The van der Waals surface area contributed by atoms with Gasteiger partial charge in [0.25, 0.3) is 0 Å². The molecule has 1 aliphatic rings. The number of carbonyl (C=O) groups is 2. The fourth-order valence-electron chi connectivity index (χ4n) is 2.72. The van der Waals surface area contributed by atoms with Crippen LogP contribution in [0.25, 0.3) is 0 Å². The van der Waals surface area contributed by atoms with Crippen LogP contribution in [0.15, 0.2) is 42.5 Å². The predicted molar refractivity (Wildman–Crippen MR) is 90.4 cm³/mol. The minimum Gasteiger partial charge on any atom is -0.328 e. The number of hydrogen-bond acceptors (Lipinski definition) is 2. The first-order valence-electron chi connectivity index (χ1n) is 7.57. The summed E-state index contributed by atoms with van der Waals surface area (Å²) in [7, 11) is 0. The third-order valence-electron chi connectivity index (χ3n) is 4.00. The highest BCUT2D eigenvalue weighted by Gasteiger charge is 2.33. The van der Waals surface area contributed by atoms with Gasteiger partial charge in [0.05, 0.1) is 0 Å². The first-order chi connectivity index (χ1) is 11.5. The molecule has 1 aliphatic heterocycles. The molecule has 2 amide bonds. The van der Waals surface area contributed by atoms with E-state index in [0.29, 0.717) is 24.3 Å². The number of anilines is 1. The summed E-state index contributed by atoms with van der Waals surface area (Å²) >= 11 is 6.00. The van der Waals surface area contributed by atoms with Gasteiger partial charge < -0.3 is 9.80 Å². The van der Waals surface area contributed by atoms with Crippen LogP contribution in [0, 0.1) is 12.7 Å². The standard InChI is InChI=1S/C18H16ClFN2O2/c1-12-3-2-4-15(9-12)22-8-7-21(17(23)18(22)24)11-13-5-6-14(20)10-16(13)19/h2-6,9-10H,7-8,11H2,1H3. The number of amides is 2. The second kappa shape index (κ2) is 6.61. The van der Waals surface area contributed by atoms with Gasteiger partial charge in [0, 0.05) is 30.3 Å². The van der Waals surface area contributed by atoms with Gasteiger partial charge in [0.15, 0.2) is 0 Å². The third-order valence-corrected chi connectivity index (χ3v) is 4.35. The van der Waals surface area contributed by atoms with Gasteiger partial charge in [-0.2, -0.15) is 0 Å². The summed E-state index contributed by atoms with van der Waals surface area (Å²) in [5.74, 6) is -1.58. The van der Waals surface area contributed by atoms with E-state index in [2.05, 4.69) is 0 Å². The molecule has 0 atom stereocenters. The van der Waals surface area contributed by atoms with Crippen molar-refractivity contribution in [3.05, 3.63) is 64.4 Å². The van der Waals surface area contributed by atoms with Crippen LogP contribution in [0.5, 0.6) is 0 Å². The molecule has 1 heterocycles. The lowest BCUT2D eigenvalue weighted by molar-refractivity contribution is -0.146. The first-order valence-corrected chi connectivity index (χ1v) is 7.95. The number of rotatable bonds is 3. The van der Waals surface area contributed by atoms with E-state index in [-0.39, 0.29) is 11.6 Å². The molecule has 3 rings (SSSR count). The smallest absolute Gasteiger partial charge is 0.316 e. The molecule has 0 bridgehead atoms. The Morgan fingerprint density at radius 1 is 1.08 bits per heavy atom. The molecule has 1 fully saturated rings. The fraction of sp³-hybridized carbons (Fsp3) is 0.222. The summed E-state index contributed by atoms with van der Waals surface area (Å²) in [6.07, 6.45) is 0. The molecule has 124 valence electrons. The summed E-state index contributed by atoms with van der Waals surface area (Å²) in [5.41, 5.74) is 2.35. The Labute approximate surface area is 144 Å². The van der Waals surface area contributed by atoms with Crippen LogP contribution in [0.2, 0.25) is 5.02 Å². The molecule has 1 saturated heterocycles. The van der Waals surface area contributed by atoms with Gasteiger partial charge in [-0.3, -0.25) is 9.59 Å². The van der Waals surface area contributed by atoms with Crippen molar-refractivity contribution in [3.8, 4) is 0 Å². The van der Waals surface area contributed by atoms with Crippen molar-refractivity contribution in [1.29, 1.82) is 0 Å². The van der Waals surface area contributed by atoms with E-state index in [1.54, 1.807) is 0 Å². The molecule has 2 aromatic carbocycles. The lowest BCUT2D eigenvalue weighted by Crippen LogP contribution is -2.54. The minimum atomic E-state index is -0.580. The fourth-order valence-corrected chi connectivity index (χ4v) is 2.95. The molecule has 4 nitrogen and oxygen atoms in total. The Kier molecular flexibility index (Phi) is 4.53. The summed E-state index contributed by atoms with van der Waals surface area (Å²) in [4.78, 5) is 27.7. The topological polar surface area (TPSA) is 40.6 Å². The van der Waals surface area contributed by atoms with Crippen LogP contribution < -0.4 is 4.90 Å². The molecule has 2 aromatic rings. The lowest BCUT2D eigenvalue weighted by atomic mass is 10.1. The normalized spacial score (nSPS) is 15.1. The van der Waals surface area contributed by atoms with Gasteiger partial charge in [-0.1, -0.05) is 29.8 Å². The van der Waals surface area contributed by atoms with Gasteiger partial charge in [0.1, 0.15) is 5.82 Å². The van der Waals surface area contributed by atoms with Crippen LogP contribution in [0.1, 0.15) is 11.1 Å². The summed E-state index contributed by atoms with van der Waals surface area (Å²) in [6, 6.07) is 11.5. The van der Waals surface area contributed by atoms with Gasteiger partial charge in [-0.05, 0) is 42.3 Å². The van der Waals surface area contributed by atoms with Crippen molar-refractivity contribution < 1.29 is 14.0 Å². The molecule has 0 saturated carbocycles. The summed E-state index contributed by atoms with van der Waals surface area (Å²) < 4.78 is 13.1. The van der Waals surface area contributed by atoms with E-state index in [4.69, 9.17) is 11.6 Å². The molecule has 0 aliphatic carbocycles. The van der Waals surface area contributed by atoms with E-state index in [1.165, 1.54) is 28.0 Å². The average molecular weight is 347 g/mol. The highest BCUT2D eigenvalue weighted by Crippen LogP contribution is 2.23. The first kappa shape index (κ1) is 16.5. The van der Waals surface area contributed by atoms with Gasteiger partial charge >= 0.3 is 11.8 Å². The van der Waals surface area contributed by atoms with E-state index in [0.717, 1.165) is 5.56 Å². The molecular weight excluding hydrogens is 331 g/mol. The Morgan fingerprint density at radius 3 is 2.58 bits per heavy atom. The van der Waals surface area contributed by atoms with E-state index >= 15 is 0 Å². The van der Waals surface area contributed by atoms with Crippen LogP contribution in [0.4, 0.5) is 10.1 Å². The molecular formula is C18H16ClFN2O2. The molecule has 0 N–H and O–H groups in total. The monoisotopic (exact) mass is 346 g/mol. The molecule has 6 heteroatoms. The van der Waals surface area contributed by atoms with E-state index in [9.17, 15) is 14.0 Å². The summed E-state index contributed by atoms with van der Waals surface area (Å²) in [6.45, 7) is 2.92. The zero-order valence-corrected chi connectivity index (χ0v) is 13.9. The van der Waals surface area contributed by atoms with Crippen LogP contribution in [-0.2, 0) is 16.1 Å². The summed E-state index contributed by atoms with van der Waals surface area (Å²) in [5, 5.41) is 0.247. The number of aryl methyl sites for hydroxylation is 1. The van der Waals surface area contributed by atoms with Crippen molar-refractivity contribution >= 4 is 29.1 Å². The van der Waals surface area contributed by atoms with Crippen molar-refractivity contribution in [2.45, 2.75) is 13.5 Å². The largest absolute Gasteiger partial charge is 0.328 e. The second-order valence-electron chi connectivity index (χ2n) is 5.76. The predicted octanol–water partition coefficient (Wildman–Crippen LogP) is 3.16. The second-order valence-corrected chi connectivity index (χ2v) is 6.17. The third kappa shape index (κ3) is 3.26. The number of nitrogens with zero attached hydrogens (tertiary/aromatic N) is 2. The number of halogens is 2. The Morgan fingerprint density at radius 2 is 1.88 bits per heavy atom. The SMILES string of the molecule is Cc1cccc(N2CCN(Cc3ccc(F)cc3Cl)C(=O)C2=O)c1. The van der Waals surface area contributed by atoms with Crippen molar-refractivity contribution in [2.75, 3.05) is 18.0 Å². The quantitative estimate of drug-likeness (QED) is 0.801. The van der Waals surface area contributed by atoms with Crippen molar-refractivity contribution in [1.82, 2.24) is 4.90 Å². The van der Waals surface area contributed by atoms with Gasteiger partial charge in [-0.25, -0.2) is 4.39 Å². The maximum Gasteiger partial charge on any atom is 0.316 e. The average Bonchev–Trinajstić information content (AvgIpc) is 2.54. The maximum atomic E-state index is 13.1. The zero-order valence-electron chi connectivity index (χ0n) is 13.1. The Hall–Kier alpha value is -2.40. The van der Waals surface area contributed by atoms with E-state index < -0.39 is 17.6 Å². The molecule has 0 radical (unpaired) electrons. The molecule has 0 spiro atoms. The number of hydrogen-bond donors (Lipinski definition) is 0.